The van der Waals surface area contributed by atoms with E-state index in [1.165, 1.54) is 0 Å². The molecule has 0 radical (unpaired) electrons. The van der Waals surface area contributed by atoms with Crippen LogP contribution in [0.5, 0.6) is 5.75 Å². The molecule has 56 heavy (non-hydrogen) atoms. The monoisotopic (exact) mass is 802 g/mol. The second-order valence-corrected chi connectivity index (χ2v) is 14.0. The van der Waals surface area contributed by atoms with Gasteiger partial charge in [-0.1, -0.05) is 60.7 Å². The zero-order valence-corrected chi connectivity index (χ0v) is 32.4. The number of halogens is 1. The molecule has 0 amide bonds. The van der Waals surface area contributed by atoms with Gasteiger partial charge in [0.2, 0.25) is 0 Å². The van der Waals surface area contributed by atoms with E-state index in [4.69, 9.17) is 29.4 Å². The number of imidazole rings is 1. The first-order chi connectivity index (χ1) is 26.6. The molecule has 3 aromatic carbocycles. The number of aromatic nitrogens is 2. The molecular formula is C40H55ClN4O11. The van der Waals surface area contributed by atoms with Crippen LogP contribution in [-0.2, 0) is 38.6 Å². The number of nitrogens with two attached hydrogens (primary N) is 1. The second kappa shape index (κ2) is 20.4. The van der Waals surface area contributed by atoms with E-state index < -0.39 is 61.4 Å². The molecule has 1 aromatic heterocycles. The lowest BCUT2D eigenvalue weighted by atomic mass is 9.99. The Morgan fingerprint density at radius 3 is 1.79 bits per heavy atom. The summed E-state index contributed by atoms with van der Waals surface area (Å²) in [6, 6.07) is 24.0. The Kier molecular flexibility index (Phi) is 16.0. The summed E-state index contributed by atoms with van der Waals surface area (Å²) in [7, 11) is 0. The van der Waals surface area contributed by atoms with Gasteiger partial charge in [-0.3, -0.25) is 4.90 Å². The number of nitrogens with zero attached hydrogens (tertiary/aromatic N) is 3. The highest BCUT2D eigenvalue weighted by Crippen LogP contribution is 2.31. The molecule has 2 aliphatic rings. The fraction of sp³-hybridized carbons (Fsp3) is 0.525. The fourth-order valence-electron chi connectivity index (χ4n) is 7.41. The topological polar surface area (TPSA) is 206 Å². The second-order valence-electron chi connectivity index (χ2n) is 14.0. The Balaban J connectivity index is 0.00000600. The van der Waals surface area contributed by atoms with Crippen LogP contribution in [0.3, 0.4) is 0 Å². The van der Waals surface area contributed by atoms with Gasteiger partial charge in [-0.25, -0.2) is 9.13 Å². The number of hydrogen-bond donors (Lipinski definition) is 7. The molecule has 0 saturated carbocycles. The van der Waals surface area contributed by atoms with Gasteiger partial charge in [0.25, 0.3) is 5.82 Å². The fourth-order valence-corrected chi connectivity index (χ4v) is 7.41. The first-order valence-electron chi connectivity index (χ1n) is 19.0. The van der Waals surface area contributed by atoms with E-state index in [1.54, 1.807) is 29.2 Å². The Bertz CT molecular complexity index is 1710. The number of benzene rings is 3. The average molecular weight is 803 g/mol. The molecule has 2 aliphatic heterocycles. The highest BCUT2D eigenvalue weighted by atomic mass is 35.5. The third kappa shape index (κ3) is 10.1. The van der Waals surface area contributed by atoms with Crippen LogP contribution < -0.4 is 27.4 Å². The van der Waals surface area contributed by atoms with Gasteiger partial charge in [0.05, 0.1) is 45.1 Å². The number of aryl methyl sites for hydroxylation is 2. The predicted octanol–water partition coefficient (Wildman–Crippen LogP) is -2.49. The van der Waals surface area contributed by atoms with Crippen LogP contribution in [0.2, 0.25) is 0 Å². The number of aliphatic hydroxyl groups is 6. The summed E-state index contributed by atoms with van der Waals surface area (Å²) < 4.78 is 33.7. The van der Waals surface area contributed by atoms with Gasteiger partial charge in [0.1, 0.15) is 49.0 Å². The molecule has 2 fully saturated rings. The van der Waals surface area contributed by atoms with E-state index in [-0.39, 0.29) is 51.9 Å². The van der Waals surface area contributed by atoms with Crippen molar-refractivity contribution in [1.82, 2.24) is 9.47 Å². The van der Waals surface area contributed by atoms with Crippen molar-refractivity contribution in [2.24, 2.45) is 5.73 Å². The summed E-state index contributed by atoms with van der Waals surface area (Å²) >= 11 is 0. The molecular weight excluding hydrogens is 748 g/mol. The maximum absolute atomic E-state index is 11.4. The third-order valence-electron chi connectivity index (χ3n) is 10.3. The van der Waals surface area contributed by atoms with Gasteiger partial charge >= 0.3 is 0 Å². The van der Waals surface area contributed by atoms with Gasteiger partial charge in [-0.15, -0.1) is 0 Å². The lowest BCUT2D eigenvalue weighted by Gasteiger charge is -2.40. The van der Waals surface area contributed by atoms with Crippen LogP contribution in [0.25, 0.3) is 11.0 Å². The molecule has 4 aromatic rings. The number of rotatable bonds is 17. The average Bonchev–Trinajstić information content (AvgIpc) is 3.53. The van der Waals surface area contributed by atoms with E-state index in [2.05, 4.69) is 23.0 Å². The van der Waals surface area contributed by atoms with E-state index in [9.17, 15) is 30.6 Å². The molecule has 6 rings (SSSR count). The number of fused-ring (bicyclic) bond motifs is 1. The molecule has 308 valence electrons. The van der Waals surface area contributed by atoms with Gasteiger partial charge in [-0.05, 0) is 26.0 Å². The van der Waals surface area contributed by atoms with Crippen molar-refractivity contribution in [3.05, 3.63) is 95.8 Å². The Morgan fingerprint density at radius 2 is 1.32 bits per heavy atom. The predicted molar refractivity (Wildman–Crippen MR) is 199 cm³/mol. The first-order valence-corrected chi connectivity index (χ1v) is 19.0. The summed E-state index contributed by atoms with van der Waals surface area (Å²) in [5, 5.41) is 66.9. The van der Waals surface area contributed by atoms with E-state index in [0.717, 1.165) is 29.9 Å². The lowest BCUT2D eigenvalue weighted by Crippen LogP contribution is -3.00. The van der Waals surface area contributed by atoms with Gasteiger partial charge < -0.3 is 72.5 Å². The smallest absolute Gasteiger partial charge is 0.271 e. The van der Waals surface area contributed by atoms with Crippen LogP contribution in [0.4, 0.5) is 0 Å². The van der Waals surface area contributed by atoms with Crippen molar-refractivity contribution in [3.63, 3.8) is 0 Å². The molecule has 16 heteroatoms. The van der Waals surface area contributed by atoms with E-state index in [0.29, 0.717) is 23.4 Å². The van der Waals surface area contributed by atoms with Crippen molar-refractivity contribution < 1.29 is 71.3 Å². The minimum atomic E-state index is -1.55. The Labute approximate surface area is 332 Å². The lowest BCUT2D eigenvalue weighted by molar-refractivity contribution is -0.676. The van der Waals surface area contributed by atoms with Gasteiger partial charge in [-0.2, -0.15) is 0 Å². The molecule has 3 heterocycles. The zero-order chi connectivity index (χ0) is 39.1. The Hall–Kier alpha value is -3.26. The number of hydrogen-bond acceptors (Lipinski definition) is 13. The van der Waals surface area contributed by atoms with Gasteiger partial charge in [0, 0.05) is 36.8 Å². The summed E-state index contributed by atoms with van der Waals surface area (Å²) in [5.41, 5.74) is 9.50. The normalized spacial score (nSPS) is 25.0. The minimum absolute atomic E-state index is 0. The molecule has 10 atom stereocenters. The van der Waals surface area contributed by atoms with E-state index in [1.807, 2.05) is 54.6 Å². The largest absolute Gasteiger partial charge is 1.00 e. The van der Waals surface area contributed by atoms with E-state index >= 15 is 0 Å². The minimum Gasteiger partial charge on any atom is -1.00 e. The van der Waals surface area contributed by atoms with Crippen LogP contribution in [-0.4, -0.2) is 128 Å². The maximum Gasteiger partial charge on any atom is 0.271 e. The number of aliphatic hydroxyl groups excluding tert-OH is 6. The summed E-state index contributed by atoms with van der Waals surface area (Å²) in [6.07, 6.45) is -12.6. The third-order valence-corrected chi connectivity index (χ3v) is 10.3. The van der Waals surface area contributed by atoms with Crippen molar-refractivity contribution in [2.75, 3.05) is 39.5 Å². The van der Waals surface area contributed by atoms with Crippen LogP contribution in [0.1, 0.15) is 43.4 Å². The maximum atomic E-state index is 11.4. The molecule has 0 spiro atoms. The molecule has 15 nitrogen and oxygen atoms in total. The molecule has 0 bridgehead atoms. The quantitative estimate of drug-likeness (QED) is 0.0553. The Morgan fingerprint density at radius 1 is 0.804 bits per heavy atom. The van der Waals surface area contributed by atoms with Crippen molar-refractivity contribution in [3.8, 4) is 5.75 Å². The standard InChI is InChI=1S/C40H55N4O11.ClH/c1-3-43-28-16-15-27(19-29(28)44(4-2)34(43)20-41)51-18-17-42(21-30(45)35(49)37-32(47)23-52-39(54-37)25-11-7-5-8-12-25)22-31(46)36(50)38-33(48)24-53-40(55-38)26-13-9-6-10-14-26;/h5-16,19,30-33,35-40,45-50H,3-4,17-18,20-24,41H2,1-2H3;1H/q+1;/p-1/t30-,31-,32+,33+,35+,36+,37+,38+,39?,40?;/m0./s1. The molecule has 8 N–H and O–H groups in total. The van der Waals surface area contributed by atoms with Gasteiger partial charge in [0.15, 0.2) is 23.6 Å². The summed E-state index contributed by atoms with van der Waals surface area (Å²) in [6.45, 7) is 5.62. The van der Waals surface area contributed by atoms with Crippen molar-refractivity contribution in [1.29, 1.82) is 0 Å². The zero-order valence-electron chi connectivity index (χ0n) is 31.7. The van der Waals surface area contributed by atoms with Crippen LogP contribution >= 0.6 is 0 Å². The summed E-state index contributed by atoms with van der Waals surface area (Å²) in [5.74, 6) is 1.61. The molecule has 0 aliphatic carbocycles. The first kappa shape index (κ1) is 43.9. The van der Waals surface area contributed by atoms with Crippen LogP contribution in [0.15, 0.2) is 78.9 Å². The SMILES string of the molecule is CCn1c(CN)[n+](CC)c2cc(OCCN(C[C@H](O)[C@@H](O)[C@@H]3OC(c4ccccc4)OC[C@H]3O)C[C@H](O)[C@@H](O)[C@@H]3OC(c4ccccc4)OC[C@H]3O)ccc21.[Cl-]. The molecule has 2 saturated heterocycles. The highest BCUT2D eigenvalue weighted by molar-refractivity contribution is 5.74. The highest BCUT2D eigenvalue weighted by Gasteiger charge is 2.42. The van der Waals surface area contributed by atoms with Crippen molar-refractivity contribution in [2.45, 2.75) is 94.9 Å². The summed E-state index contributed by atoms with van der Waals surface area (Å²) in [4.78, 5) is 1.63. The van der Waals surface area contributed by atoms with Crippen LogP contribution in [0, 0.1) is 0 Å². The van der Waals surface area contributed by atoms with Crippen molar-refractivity contribution >= 4 is 11.0 Å². The number of ether oxygens (including phenoxy) is 5. The molecule has 2 unspecified atom stereocenters.